The maximum Gasteiger partial charge on any atom is 0.490 e. The van der Waals surface area contributed by atoms with Gasteiger partial charge in [0.05, 0.1) is 0 Å². The largest absolute Gasteiger partial charge is 0.490 e. The van der Waals surface area contributed by atoms with Crippen molar-refractivity contribution >= 4 is 33.2 Å². The lowest BCUT2D eigenvalue weighted by atomic mass is 10.1. The number of sulfonamides is 1. The molecule has 0 bridgehead atoms. The maximum atomic E-state index is 13.1. The number of benzene rings is 1. The number of carboxylic acid groups (broad SMARTS) is 1. The number of nitrogens with zero attached hydrogens (tertiary/aromatic N) is 2. The smallest absolute Gasteiger partial charge is 0.475 e. The number of nitrogens with one attached hydrogen (secondary N) is 1. The summed E-state index contributed by atoms with van der Waals surface area (Å²) in [5, 5.41) is 12.1. The molecule has 0 spiro atoms. The molecule has 1 aromatic heterocycles. The Morgan fingerprint density at radius 2 is 1.74 bits per heavy atom. The molecule has 13 heteroatoms. The summed E-state index contributed by atoms with van der Waals surface area (Å²) >= 11 is 1.20. The molecule has 188 valence electrons. The number of thiophene rings is 1. The van der Waals surface area contributed by atoms with Crippen LogP contribution in [-0.2, 0) is 26.2 Å². The van der Waals surface area contributed by atoms with Gasteiger partial charge < -0.3 is 15.3 Å². The number of carbonyl (C=O) groups is 2. The van der Waals surface area contributed by atoms with Crippen LogP contribution in [-0.4, -0.2) is 73.5 Å². The third kappa shape index (κ3) is 8.38. The van der Waals surface area contributed by atoms with Crippen molar-refractivity contribution in [2.75, 3.05) is 32.7 Å². The van der Waals surface area contributed by atoms with Gasteiger partial charge in [0, 0.05) is 45.7 Å². The number of carbonyl (C=O) groups excluding carboxylic acids is 1. The van der Waals surface area contributed by atoms with E-state index in [2.05, 4.69) is 5.32 Å². The number of hydrogen-bond acceptors (Lipinski definition) is 6. The monoisotopic (exact) mass is 521 g/mol. The fourth-order valence-electron chi connectivity index (χ4n) is 3.01. The molecule has 1 aliphatic heterocycles. The van der Waals surface area contributed by atoms with E-state index in [0.717, 1.165) is 24.2 Å². The highest BCUT2D eigenvalue weighted by Crippen LogP contribution is 2.23. The molecular weight excluding hydrogens is 495 g/mol. The van der Waals surface area contributed by atoms with Crippen molar-refractivity contribution in [3.63, 3.8) is 0 Å². The minimum Gasteiger partial charge on any atom is -0.475 e. The van der Waals surface area contributed by atoms with Gasteiger partial charge in [0.25, 0.3) is 10.0 Å². The molecule has 0 aliphatic carbocycles. The van der Waals surface area contributed by atoms with E-state index < -0.39 is 22.2 Å². The second kappa shape index (κ2) is 12.3. The number of alkyl halides is 3. The highest BCUT2D eigenvalue weighted by molar-refractivity contribution is 7.91. The molecule has 2 N–H and O–H groups in total. The van der Waals surface area contributed by atoms with Crippen molar-refractivity contribution < 1.29 is 36.3 Å². The molecule has 8 nitrogen and oxygen atoms in total. The van der Waals surface area contributed by atoms with Gasteiger partial charge in [-0.3, -0.25) is 4.79 Å². The number of amides is 1. The first-order valence-electron chi connectivity index (χ1n) is 10.3. The van der Waals surface area contributed by atoms with Crippen molar-refractivity contribution in [1.82, 2.24) is 14.5 Å². The quantitative estimate of drug-likeness (QED) is 0.580. The summed E-state index contributed by atoms with van der Waals surface area (Å²) in [6.07, 6.45) is -4.89. The molecule has 0 saturated carbocycles. The predicted octanol–water partition coefficient (Wildman–Crippen LogP) is 2.70. The molecule has 0 atom stereocenters. The lowest BCUT2D eigenvalue weighted by Gasteiger charge is -2.28. The Morgan fingerprint density at radius 3 is 2.24 bits per heavy atom. The fourth-order valence-corrected chi connectivity index (χ4v) is 5.58. The molecule has 0 radical (unpaired) electrons. The van der Waals surface area contributed by atoms with Gasteiger partial charge in [-0.15, -0.1) is 11.3 Å². The van der Waals surface area contributed by atoms with E-state index in [1.54, 1.807) is 22.4 Å². The van der Waals surface area contributed by atoms with Gasteiger partial charge in [0.1, 0.15) is 4.21 Å². The molecule has 1 saturated heterocycles. The van der Waals surface area contributed by atoms with Crippen LogP contribution in [0.25, 0.3) is 0 Å². The summed E-state index contributed by atoms with van der Waals surface area (Å²) in [5.74, 6) is -2.75. The van der Waals surface area contributed by atoms with Crippen LogP contribution in [0.2, 0.25) is 0 Å². The Bertz CT molecular complexity index is 1040. The molecule has 3 rings (SSSR count). The van der Waals surface area contributed by atoms with Crippen molar-refractivity contribution in [2.24, 2.45) is 0 Å². The number of aryl methyl sites for hydroxylation is 1. The fraction of sp³-hybridized carbons (Fsp3) is 0.429. The first kappa shape index (κ1) is 27.8. The van der Waals surface area contributed by atoms with E-state index in [0.29, 0.717) is 17.3 Å². The zero-order valence-corrected chi connectivity index (χ0v) is 20.0. The first-order valence-corrected chi connectivity index (χ1v) is 12.6. The van der Waals surface area contributed by atoms with Gasteiger partial charge >= 0.3 is 12.1 Å². The average Bonchev–Trinajstić information content (AvgIpc) is 3.34. The first-order chi connectivity index (χ1) is 15.9. The van der Waals surface area contributed by atoms with Gasteiger partial charge in [-0.25, -0.2) is 13.2 Å². The molecule has 0 unspecified atom stereocenters. The van der Waals surface area contributed by atoms with E-state index in [-0.39, 0.29) is 25.4 Å². The molecule has 1 fully saturated rings. The summed E-state index contributed by atoms with van der Waals surface area (Å²) in [6.45, 7) is 5.35. The minimum absolute atomic E-state index is 0.00628. The van der Waals surface area contributed by atoms with Gasteiger partial charge in [0.15, 0.2) is 0 Å². The lowest BCUT2D eigenvalue weighted by molar-refractivity contribution is -0.192. The number of piperazine rings is 1. The van der Waals surface area contributed by atoms with Gasteiger partial charge in [-0.1, -0.05) is 35.9 Å². The summed E-state index contributed by atoms with van der Waals surface area (Å²) in [4.78, 5) is 23.2. The van der Waals surface area contributed by atoms with Crippen LogP contribution < -0.4 is 5.32 Å². The third-order valence-corrected chi connectivity index (χ3v) is 8.07. The van der Waals surface area contributed by atoms with Crippen LogP contribution in [0.15, 0.2) is 46.0 Å². The highest BCUT2D eigenvalue weighted by Gasteiger charge is 2.38. The van der Waals surface area contributed by atoms with Crippen LogP contribution in [0.1, 0.15) is 17.5 Å². The molecule has 1 aromatic carbocycles. The van der Waals surface area contributed by atoms with Crippen LogP contribution in [0.4, 0.5) is 13.2 Å². The summed E-state index contributed by atoms with van der Waals surface area (Å²) < 4.78 is 59.6. The molecule has 34 heavy (non-hydrogen) atoms. The summed E-state index contributed by atoms with van der Waals surface area (Å²) in [7, 11) is -3.62. The van der Waals surface area contributed by atoms with Crippen molar-refractivity contribution in [3.05, 3.63) is 52.9 Å². The van der Waals surface area contributed by atoms with E-state index in [4.69, 9.17) is 9.90 Å². The number of carboxylic acids is 1. The van der Waals surface area contributed by atoms with E-state index in [1.807, 2.05) is 31.2 Å². The Morgan fingerprint density at radius 1 is 1.15 bits per heavy atom. The van der Waals surface area contributed by atoms with Crippen molar-refractivity contribution in [1.29, 1.82) is 0 Å². The van der Waals surface area contributed by atoms with Crippen LogP contribution in [0.5, 0.6) is 0 Å². The molecule has 1 aliphatic rings. The number of aliphatic carboxylic acids is 1. The van der Waals surface area contributed by atoms with Gasteiger partial charge in [-0.2, -0.15) is 17.5 Å². The molecular formula is C21H26F3N3O5S2. The van der Waals surface area contributed by atoms with E-state index in [9.17, 15) is 26.4 Å². The Kier molecular flexibility index (Phi) is 10.0. The predicted molar refractivity (Wildman–Crippen MR) is 121 cm³/mol. The summed E-state index contributed by atoms with van der Waals surface area (Å²) in [5.41, 5.74) is 2.04. The highest BCUT2D eigenvalue weighted by atomic mass is 32.2. The molecule has 1 amide bonds. The molecule has 2 aromatic rings. The average molecular weight is 522 g/mol. The van der Waals surface area contributed by atoms with Crippen LogP contribution in [0.3, 0.4) is 0 Å². The summed E-state index contributed by atoms with van der Waals surface area (Å²) in [6, 6.07) is 11.1. The number of hydrogen-bond donors (Lipinski definition) is 2. The zero-order valence-electron chi connectivity index (χ0n) is 18.4. The number of halogens is 3. The third-order valence-electron chi connectivity index (χ3n) is 4.86. The normalized spacial score (nSPS) is 14.4. The standard InChI is InChI=1S/C19H25N3O3S2.C2HF3O2/c1-16-4-6-17(7-5-16)15-22(27(24,25)19-3-2-14-26-19)11-8-18(23)21-12-9-20-10-13-21;3-2(4,5)1(6)7/h2-7,14,20H,8-13,15H2,1H3;(H,6,7). The minimum atomic E-state index is -5.08. The Hall–Kier alpha value is -2.48. The Balaban J connectivity index is 0.000000509. The molecule has 2 heterocycles. The topological polar surface area (TPSA) is 107 Å². The maximum absolute atomic E-state index is 13.1. The van der Waals surface area contributed by atoms with Crippen molar-refractivity contribution in [3.8, 4) is 0 Å². The second-order valence-electron chi connectivity index (χ2n) is 7.44. The SMILES string of the molecule is Cc1ccc(CN(CCC(=O)N2CCNCC2)S(=O)(=O)c2cccs2)cc1.O=C(O)C(F)(F)F. The lowest BCUT2D eigenvalue weighted by Crippen LogP contribution is -2.47. The number of rotatable bonds is 7. The Labute approximate surface area is 200 Å². The van der Waals surface area contributed by atoms with E-state index >= 15 is 0 Å². The van der Waals surface area contributed by atoms with Crippen molar-refractivity contribution in [2.45, 2.75) is 30.3 Å². The van der Waals surface area contributed by atoms with Gasteiger partial charge in [-0.05, 0) is 23.9 Å². The van der Waals surface area contributed by atoms with Crippen LogP contribution >= 0.6 is 11.3 Å². The second-order valence-corrected chi connectivity index (χ2v) is 10.6. The van der Waals surface area contributed by atoms with Gasteiger partial charge in [0.2, 0.25) is 5.91 Å². The van der Waals surface area contributed by atoms with E-state index in [1.165, 1.54) is 15.6 Å². The van der Waals surface area contributed by atoms with Crippen LogP contribution in [0, 0.1) is 6.92 Å². The zero-order chi connectivity index (χ0) is 25.4.